The second kappa shape index (κ2) is 4.60. The molecular weight excluding hydrogens is 244 g/mol. The lowest BCUT2D eigenvalue weighted by atomic mass is 10.0. The number of benzene rings is 1. The maximum absolute atomic E-state index is 10.8. The maximum Gasteiger partial charge on any atom is 0.308 e. The number of esters is 1. The number of rotatable bonds is 2. The first-order valence-electron chi connectivity index (χ1n) is 4.31. The molecule has 0 aliphatic carbocycles. The first kappa shape index (κ1) is 11.2. The largest absolute Gasteiger partial charge is 0.427 e. The lowest BCUT2D eigenvalue weighted by Gasteiger charge is -2.08. The van der Waals surface area contributed by atoms with Crippen LogP contribution in [0.3, 0.4) is 0 Å². The fourth-order valence-corrected chi connectivity index (χ4v) is 1.58. The van der Waals surface area contributed by atoms with Crippen LogP contribution in [0.25, 0.3) is 0 Å². The van der Waals surface area contributed by atoms with E-state index in [0.717, 1.165) is 10.0 Å². The van der Waals surface area contributed by atoms with Crippen LogP contribution in [-0.2, 0) is 4.79 Å². The van der Waals surface area contributed by atoms with Crippen LogP contribution < -0.4 is 4.74 Å². The molecule has 0 fully saturated rings. The number of carbonyl (C=O) groups is 1. The maximum atomic E-state index is 10.8. The summed E-state index contributed by atoms with van der Waals surface area (Å²) in [7, 11) is 0. The smallest absolute Gasteiger partial charge is 0.308 e. The number of halogens is 1. The number of ether oxygens (including phenoxy) is 1. The van der Waals surface area contributed by atoms with Crippen molar-refractivity contribution in [3.8, 4) is 5.75 Å². The van der Waals surface area contributed by atoms with Gasteiger partial charge in [-0.15, -0.1) is 0 Å². The lowest BCUT2D eigenvalue weighted by molar-refractivity contribution is -0.131. The Kier molecular flexibility index (Phi) is 3.69. The molecule has 1 radical (unpaired) electrons. The van der Waals surface area contributed by atoms with Gasteiger partial charge in [-0.2, -0.15) is 0 Å². The van der Waals surface area contributed by atoms with Crippen molar-refractivity contribution < 1.29 is 9.53 Å². The molecule has 1 unspecified atom stereocenters. The predicted octanol–water partition coefficient (Wildman–Crippen LogP) is 3.31. The fourth-order valence-electron chi connectivity index (χ4n) is 1.09. The van der Waals surface area contributed by atoms with E-state index in [9.17, 15) is 4.79 Å². The minimum Gasteiger partial charge on any atom is -0.427 e. The van der Waals surface area contributed by atoms with Gasteiger partial charge in [0.2, 0.25) is 0 Å². The molecule has 0 amide bonds. The Morgan fingerprint density at radius 3 is 2.64 bits per heavy atom. The molecule has 1 atom stereocenters. The van der Waals surface area contributed by atoms with E-state index in [1.54, 1.807) is 6.07 Å². The van der Waals surface area contributed by atoms with Gasteiger partial charge in [-0.3, -0.25) is 4.79 Å². The average Bonchev–Trinajstić information content (AvgIpc) is 2.01. The fraction of sp³-hybridized carbons (Fsp3) is 0.273. The first-order chi connectivity index (χ1) is 6.49. The third-order valence-corrected chi connectivity index (χ3v) is 2.18. The molecule has 14 heavy (non-hydrogen) atoms. The molecule has 75 valence electrons. The van der Waals surface area contributed by atoms with E-state index in [1.807, 2.05) is 19.1 Å². The Labute approximate surface area is 92.4 Å². The molecule has 0 aliphatic rings. The molecule has 0 spiro atoms. The van der Waals surface area contributed by atoms with Gasteiger partial charge >= 0.3 is 5.97 Å². The second-order valence-electron chi connectivity index (χ2n) is 3.21. The minimum absolute atomic E-state index is 0.168. The highest BCUT2D eigenvalue weighted by molar-refractivity contribution is 9.10. The Balaban J connectivity index is 3.01. The van der Waals surface area contributed by atoms with Gasteiger partial charge in [-0.05, 0) is 36.6 Å². The summed E-state index contributed by atoms with van der Waals surface area (Å²) in [6.07, 6.45) is 0. The Hall–Kier alpha value is -0.830. The van der Waals surface area contributed by atoms with E-state index >= 15 is 0 Å². The zero-order valence-electron chi connectivity index (χ0n) is 8.21. The molecule has 3 heteroatoms. The number of hydrogen-bond acceptors (Lipinski definition) is 2. The van der Waals surface area contributed by atoms with Crippen molar-refractivity contribution in [2.45, 2.75) is 19.8 Å². The summed E-state index contributed by atoms with van der Waals surface area (Å²) in [6.45, 7) is 7.28. The van der Waals surface area contributed by atoms with E-state index in [4.69, 9.17) is 4.74 Å². The first-order valence-corrected chi connectivity index (χ1v) is 5.10. The van der Waals surface area contributed by atoms with Crippen molar-refractivity contribution in [3.63, 3.8) is 0 Å². The van der Waals surface area contributed by atoms with Gasteiger partial charge in [-0.25, -0.2) is 0 Å². The molecule has 0 N–H and O–H groups in total. The third-order valence-electron chi connectivity index (χ3n) is 1.72. The van der Waals surface area contributed by atoms with Crippen LogP contribution in [0.15, 0.2) is 22.7 Å². The zero-order chi connectivity index (χ0) is 10.7. The molecule has 1 aromatic carbocycles. The molecule has 0 saturated carbocycles. The number of hydrogen-bond donors (Lipinski definition) is 0. The van der Waals surface area contributed by atoms with Crippen LogP contribution >= 0.6 is 15.9 Å². The summed E-state index contributed by atoms with van der Waals surface area (Å²) in [4.78, 5) is 10.8. The van der Waals surface area contributed by atoms with Crippen molar-refractivity contribution in [3.05, 3.63) is 35.2 Å². The van der Waals surface area contributed by atoms with Crippen molar-refractivity contribution in [1.29, 1.82) is 0 Å². The van der Waals surface area contributed by atoms with Crippen LogP contribution in [0.1, 0.15) is 25.3 Å². The average molecular weight is 256 g/mol. The Bertz CT molecular complexity index is 345. The standard InChI is InChI=1S/C11H12BrO2/c1-7(2)9-4-10(12)6-11(5-9)14-8(3)13/h4-7H,1H2,2-3H3. The highest BCUT2D eigenvalue weighted by Gasteiger charge is 2.05. The summed E-state index contributed by atoms with van der Waals surface area (Å²) in [5, 5.41) is 0. The Morgan fingerprint density at radius 1 is 1.50 bits per heavy atom. The summed E-state index contributed by atoms with van der Waals surface area (Å²) >= 11 is 3.35. The van der Waals surface area contributed by atoms with Crippen molar-refractivity contribution in [2.75, 3.05) is 0 Å². The molecule has 2 nitrogen and oxygen atoms in total. The van der Waals surface area contributed by atoms with Gasteiger partial charge < -0.3 is 4.74 Å². The Morgan fingerprint density at radius 2 is 2.14 bits per heavy atom. The quantitative estimate of drug-likeness (QED) is 0.599. The lowest BCUT2D eigenvalue weighted by Crippen LogP contribution is -2.02. The van der Waals surface area contributed by atoms with Crippen molar-refractivity contribution >= 4 is 21.9 Å². The highest BCUT2D eigenvalue weighted by Crippen LogP contribution is 2.25. The molecule has 1 aromatic rings. The highest BCUT2D eigenvalue weighted by atomic mass is 79.9. The molecule has 0 aliphatic heterocycles. The topological polar surface area (TPSA) is 26.3 Å². The van der Waals surface area contributed by atoms with Gasteiger partial charge in [0.15, 0.2) is 0 Å². The number of carbonyl (C=O) groups excluding carboxylic acids is 1. The van der Waals surface area contributed by atoms with Gasteiger partial charge in [0.1, 0.15) is 5.75 Å². The van der Waals surface area contributed by atoms with Gasteiger partial charge in [0.05, 0.1) is 0 Å². The van der Waals surface area contributed by atoms with E-state index in [0.29, 0.717) is 5.75 Å². The molecule has 0 saturated heterocycles. The van der Waals surface area contributed by atoms with Gasteiger partial charge in [0, 0.05) is 11.4 Å². The molecule has 1 rings (SSSR count). The second-order valence-corrected chi connectivity index (χ2v) is 4.13. The normalized spacial score (nSPS) is 10.4. The van der Waals surface area contributed by atoms with Crippen molar-refractivity contribution in [2.24, 2.45) is 0 Å². The predicted molar refractivity (Wildman–Crippen MR) is 59.2 cm³/mol. The monoisotopic (exact) mass is 255 g/mol. The van der Waals surface area contributed by atoms with Crippen LogP contribution in [0.2, 0.25) is 0 Å². The molecule has 0 aromatic heterocycles. The van der Waals surface area contributed by atoms with E-state index in [-0.39, 0.29) is 11.9 Å². The third kappa shape index (κ3) is 3.14. The summed E-state index contributed by atoms with van der Waals surface area (Å²) in [5.41, 5.74) is 1.04. The van der Waals surface area contributed by atoms with Crippen LogP contribution in [-0.4, -0.2) is 5.97 Å². The zero-order valence-corrected chi connectivity index (χ0v) is 9.80. The van der Waals surface area contributed by atoms with E-state index in [1.165, 1.54) is 6.92 Å². The van der Waals surface area contributed by atoms with E-state index < -0.39 is 0 Å². The summed E-state index contributed by atoms with van der Waals surface area (Å²) < 4.78 is 5.88. The van der Waals surface area contributed by atoms with Crippen LogP contribution in [0.5, 0.6) is 5.75 Å². The SMILES string of the molecule is [CH2]C(C)c1cc(Br)cc(OC(C)=O)c1. The van der Waals surface area contributed by atoms with Crippen LogP contribution in [0, 0.1) is 6.92 Å². The van der Waals surface area contributed by atoms with Crippen LogP contribution in [0.4, 0.5) is 0 Å². The summed E-state index contributed by atoms with van der Waals surface area (Å²) in [6, 6.07) is 5.54. The van der Waals surface area contributed by atoms with Gasteiger partial charge in [-0.1, -0.05) is 22.9 Å². The van der Waals surface area contributed by atoms with E-state index in [2.05, 4.69) is 22.9 Å². The van der Waals surface area contributed by atoms with Gasteiger partial charge in [0.25, 0.3) is 0 Å². The minimum atomic E-state index is -0.314. The molecule has 0 heterocycles. The summed E-state index contributed by atoms with van der Waals surface area (Å²) in [5.74, 6) is 0.407. The molecule has 0 bridgehead atoms. The molecular formula is C11H12BrO2. The van der Waals surface area contributed by atoms with Crippen molar-refractivity contribution in [1.82, 2.24) is 0 Å².